The van der Waals surface area contributed by atoms with Crippen molar-refractivity contribution in [1.82, 2.24) is 5.32 Å². The molecule has 23 heavy (non-hydrogen) atoms. The maximum absolute atomic E-state index is 12.0. The highest BCUT2D eigenvalue weighted by molar-refractivity contribution is 9.10. The van der Waals surface area contributed by atoms with E-state index in [9.17, 15) is 4.79 Å². The van der Waals surface area contributed by atoms with Crippen LogP contribution in [-0.2, 0) is 10.5 Å². The van der Waals surface area contributed by atoms with Crippen molar-refractivity contribution in [2.45, 2.75) is 18.8 Å². The molecule has 0 heterocycles. The second-order valence-electron chi connectivity index (χ2n) is 5.04. The van der Waals surface area contributed by atoms with Crippen LogP contribution in [0.3, 0.4) is 0 Å². The Bertz CT molecular complexity index is 604. The molecular weight excluding hydrogens is 374 g/mol. The molecule has 1 unspecified atom stereocenters. The van der Waals surface area contributed by atoms with Crippen molar-refractivity contribution in [2.24, 2.45) is 0 Å². The smallest absolute Gasteiger partial charge is 0.260 e. The lowest BCUT2D eigenvalue weighted by molar-refractivity contribution is -0.127. The number of hydrogen-bond acceptors (Lipinski definition) is 3. The normalized spacial score (nSPS) is 11.7. The topological polar surface area (TPSA) is 38.3 Å². The maximum Gasteiger partial charge on any atom is 0.260 e. The minimum atomic E-state index is -0.504. The third-order valence-electron chi connectivity index (χ3n) is 3.15. The summed E-state index contributed by atoms with van der Waals surface area (Å²) in [7, 11) is 0. The Balaban J connectivity index is 1.63. The van der Waals surface area contributed by atoms with E-state index in [2.05, 4.69) is 33.4 Å². The lowest BCUT2D eigenvalue weighted by Crippen LogP contribution is -2.37. The molecule has 0 bridgehead atoms. The van der Waals surface area contributed by atoms with Crippen LogP contribution in [-0.4, -0.2) is 24.3 Å². The molecule has 1 atom stereocenters. The van der Waals surface area contributed by atoms with Crippen molar-refractivity contribution in [3.05, 3.63) is 64.6 Å². The molecule has 0 aromatic heterocycles. The van der Waals surface area contributed by atoms with E-state index in [1.165, 1.54) is 5.56 Å². The van der Waals surface area contributed by atoms with Gasteiger partial charge in [-0.3, -0.25) is 4.79 Å². The quantitative estimate of drug-likeness (QED) is 0.680. The van der Waals surface area contributed by atoms with Crippen LogP contribution < -0.4 is 10.1 Å². The van der Waals surface area contributed by atoms with Crippen LogP contribution in [0.15, 0.2) is 59.1 Å². The SMILES string of the molecule is CC(Oc1ccc(Br)cc1)C(=O)NCCSCc1ccccc1. The number of nitrogens with one attached hydrogen (secondary N) is 1. The zero-order valence-corrected chi connectivity index (χ0v) is 15.4. The molecule has 0 aliphatic heterocycles. The molecule has 0 aliphatic carbocycles. The van der Waals surface area contributed by atoms with Gasteiger partial charge in [-0.2, -0.15) is 11.8 Å². The van der Waals surface area contributed by atoms with Crippen molar-refractivity contribution in [3.8, 4) is 5.75 Å². The third-order valence-corrected chi connectivity index (χ3v) is 4.71. The highest BCUT2D eigenvalue weighted by Crippen LogP contribution is 2.17. The lowest BCUT2D eigenvalue weighted by atomic mass is 10.2. The van der Waals surface area contributed by atoms with Gasteiger partial charge in [0, 0.05) is 22.5 Å². The second kappa shape index (κ2) is 9.63. The molecule has 2 aromatic carbocycles. The lowest BCUT2D eigenvalue weighted by Gasteiger charge is -2.14. The van der Waals surface area contributed by atoms with E-state index in [4.69, 9.17) is 4.74 Å². The summed E-state index contributed by atoms with van der Waals surface area (Å²) in [5, 5.41) is 2.91. The summed E-state index contributed by atoms with van der Waals surface area (Å²) >= 11 is 5.17. The fraction of sp³-hybridized carbons (Fsp3) is 0.278. The first-order chi connectivity index (χ1) is 11.1. The standard InChI is InChI=1S/C18H20BrNO2S/c1-14(22-17-9-7-16(19)8-10-17)18(21)20-11-12-23-13-15-5-3-2-4-6-15/h2-10,14H,11-13H2,1H3,(H,20,21). The van der Waals surface area contributed by atoms with Crippen LogP contribution in [0, 0.1) is 0 Å². The van der Waals surface area contributed by atoms with Crippen LogP contribution in [0.5, 0.6) is 5.75 Å². The number of rotatable bonds is 8. The number of thioether (sulfide) groups is 1. The molecule has 0 saturated heterocycles. The molecule has 0 spiro atoms. The van der Waals surface area contributed by atoms with Crippen LogP contribution in [0.1, 0.15) is 12.5 Å². The highest BCUT2D eigenvalue weighted by Gasteiger charge is 2.13. The molecule has 0 radical (unpaired) electrons. The maximum atomic E-state index is 12.0. The fourth-order valence-corrected chi connectivity index (χ4v) is 3.01. The minimum Gasteiger partial charge on any atom is -0.481 e. The Kier molecular flexibility index (Phi) is 7.49. The van der Waals surface area contributed by atoms with Crippen LogP contribution in [0.4, 0.5) is 0 Å². The molecule has 2 aromatic rings. The molecule has 3 nitrogen and oxygen atoms in total. The van der Waals surface area contributed by atoms with Gasteiger partial charge in [-0.25, -0.2) is 0 Å². The van der Waals surface area contributed by atoms with Gasteiger partial charge >= 0.3 is 0 Å². The number of carbonyl (C=O) groups excluding carboxylic acids is 1. The monoisotopic (exact) mass is 393 g/mol. The summed E-state index contributed by atoms with van der Waals surface area (Å²) < 4.78 is 6.60. The van der Waals surface area contributed by atoms with Crippen LogP contribution >= 0.6 is 27.7 Å². The van der Waals surface area contributed by atoms with Gasteiger partial charge in [-0.05, 0) is 36.8 Å². The van der Waals surface area contributed by atoms with Crippen LogP contribution in [0.25, 0.3) is 0 Å². The van der Waals surface area contributed by atoms with Crippen LogP contribution in [0.2, 0.25) is 0 Å². The predicted octanol–water partition coefficient (Wildman–Crippen LogP) is 4.27. The summed E-state index contributed by atoms with van der Waals surface area (Å²) in [6, 6.07) is 17.8. The van der Waals surface area contributed by atoms with Gasteiger partial charge in [-0.1, -0.05) is 46.3 Å². The molecular formula is C18H20BrNO2S. The number of hydrogen-bond donors (Lipinski definition) is 1. The average Bonchev–Trinajstić information content (AvgIpc) is 2.57. The summed E-state index contributed by atoms with van der Waals surface area (Å²) in [5.41, 5.74) is 1.30. The van der Waals surface area contributed by atoms with E-state index in [0.29, 0.717) is 12.3 Å². The molecule has 1 amide bonds. The van der Waals surface area contributed by atoms with Gasteiger partial charge in [0.05, 0.1) is 0 Å². The molecule has 0 fully saturated rings. The molecule has 122 valence electrons. The second-order valence-corrected chi connectivity index (χ2v) is 7.06. The van der Waals surface area contributed by atoms with Gasteiger partial charge < -0.3 is 10.1 Å². The molecule has 1 N–H and O–H groups in total. The Morgan fingerprint density at radius 3 is 2.57 bits per heavy atom. The Hall–Kier alpha value is -1.46. The van der Waals surface area contributed by atoms with E-state index in [1.54, 1.807) is 18.7 Å². The van der Waals surface area contributed by atoms with E-state index in [1.807, 2.05) is 42.5 Å². The summed E-state index contributed by atoms with van der Waals surface area (Å²) in [6.45, 7) is 2.40. The molecule has 5 heteroatoms. The number of amides is 1. The zero-order chi connectivity index (χ0) is 16.5. The molecule has 0 saturated carbocycles. The number of carbonyl (C=O) groups is 1. The van der Waals surface area contributed by atoms with Gasteiger partial charge in [-0.15, -0.1) is 0 Å². The fourth-order valence-electron chi connectivity index (χ4n) is 1.93. The third kappa shape index (κ3) is 6.67. The minimum absolute atomic E-state index is 0.0896. The average molecular weight is 394 g/mol. The first-order valence-corrected chi connectivity index (χ1v) is 9.41. The molecule has 2 rings (SSSR count). The highest BCUT2D eigenvalue weighted by atomic mass is 79.9. The zero-order valence-electron chi connectivity index (χ0n) is 13.0. The Labute approximate surface area is 149 Å². The predicted molar refractivity (Wildman–Crippen MR) is 99.8 cm³/mol. The van der Waals surface area contributed by atoms with Gasteiger partial charge in [0.2, 0.25) is 0 Å². The largest absolute Gasteiger partial charge is 0.481 e. The van der Waals surface area contributed by atoms with E-state index < -0.39 is 6.10 Å². The number of benzene rings is 2. The molecule has 0 aliphatic rings. The number of ether oxygens (including phenoxy) is 1. The van der Waals surface area contributed by atoms with Gasteiger partial charge in [0.1, 0.15) is 5.75 Å². The number of halogens is 1. The van der Waals surface area contributed by atoms with Crippen molar-refractivity contribution < 1.29 is 9.53 Å². The first-order valence-electron chi connectivity index (χ1n) is 7.47. The van der Waals surface area contributed by atoms with Crippen molar-refractivity contribution in [1.29, 1.82) is 0 Å². The Morgan fingerprint density at radius 2 is 1.87 bits per heavy atom. The van der Waals surface area contributed by atoms with Gasteiger partial charge in [0.15, 0.2) is 6.10 Å². The van der Waals surface area contributed by atoms with Crippen molar-refractivity contribution in [2.75, 3.05) is 12.3 Å². The summed E-state index contributed by atoms with van der Waals surface area (Å²) in [4.78, 5) is 12.0. The first kappa shape index (κ1) is 17.9. The summed E-state index contributed by atoms with van der Waals surface area (Å²) in [6.07, 6.45) is -0.504. The Morgan fingerprint density at radius 1 is 1.17 bits per heavy atom. The van der Waals surface area contributed by atoms with E-state index in [-0.39, 0.29) is 5.91 Å². The van der Waals surface area contributed by atoms with Crippen molar-refractivity contribution in [3.63, 3.8) is 0 Å². The van der Waals surface area contributed by atoms with Crippen molar-refractivity contribution >= 4 is 33.6 Å². The summed E-state index contributed by atoms with van der Waals surface area (Å²) in [5.74, 6) is 2.44. The van der Waals surface area contributed by atoms with E-state index in [0.717, 1.165) is 16.0 Å². The van der Waals surface area contributed by atoms with Gasteiger partial charge in [0.25, 0.3) is 5.91 Å². The van der Waals surface area contributed by atoms with E-state index >= 15 is 0 Å².